The lowest BCUT2D eigenvalue weighted by Gasteiger charge is -2.24. The molecule has 28 heavy (non-hydrogen) atoms. The Balaban J connectivity index is 1.76. The Morgan fingerprint density at radius 3 is 2.46 bits per heavy atom. The minimum atomic E-state index is -3.92. The Morgan fingerprint density at radius 1 is 1.11 bits per heavy atom. The number of benzene rings is 1. The Labute approximate surface area is 169 Å². The lowest BCUT2D eigenvalue weighted by molar-refractivity contribution is -0.124. The van der Waals surface area contributed by atoms with Crippen LogP contribution in [0.4, 0.5) is 0 Å². The van der Waals surface area contributed by atoms with Gasteiger partial charge >= 0.3 is 0 Å². The Hall–Kier alpha value is -2.10. The summed E-state index contributed by atoms with van der Waals surface area (Å²) in [6.45, 7) is 6.26. The minimum absolute atomic E-state index is 0.0292. The number of carbonyl (C=O) groups excluding carboxylic acids is 1. The van der Waals surface area contributed by atoms with E-state index in [0.29, 0.717) is 24.7 Å². The van der Waals surface area contributed by atoms with E-state index in [1.54, 1.807) is 19.9 Å². The molecule has 0 radical (unpaired) electrons. The summed E-state index contributed by atoms with van der Waals surface area (Å²) in [4.78, 5) is 13.8. The van der Waals surface area contributed by atoms with Gasteiger partial charge in [-0.05, 0) is 36.4 Å². The molecule has 0 saturated carbocycles. The normalized spacial score (nSPS) is 15.9. The molecular formula is C19H24N2O5S2. The summed E-state index contributed by atoms with van der Waals surface area (Å²) in [6, 6.07) is 7.16. The molecule has 1 aromatic carbocycles. The first-order valence-corrected chi connectivity index (χ1v) is 11.4. The van der Waals surface area contributed by atoms with Gasteiger partial charge in [0.1, 0.15) is 19.3 Å². The summed E-state index contributed by atoms with van der Waals surface area (Å²) in [7, 11) is -3.92. The third-order valence-electron chi connectivity index (χ3n) is 4.38. The van der Waals surface area contributed by atoms with Crippen LogP contribution in [0.5, 0.6) is 11.5 Å². The molecule has 1 amide bonds. The maximum absolute atomic E-state index is 12.9. The van der Waals surface area contributed by atoms with Crippen molar-refractivity contribution in [2.45, 2.75) is 37.8 Å². The van der Waals surface area contributed by atoms with Crippen molar-refractivity contribution in [3.63, 3.8) is 0 Å². The standard InChI is InChI=1S/C19H24N2O5S2/c1-12(2)18(19(22)20-13(3)17-5-4-10-27-17)21-28(23,24)14-6-7-15-16(11-14)26-9-8-25-15/h4-7,10-13,18,21H,8-9H2,1-3H3,(H,20,22)/t13-,18+/m0/s1. The molecule has 0 saturated heterocycles. The Kier molecular flexibility index (Phi) is 6.26. The molecule has 1 aliphatic rings. The van der Waals surface area contributed by atoms with E-state index in [1.165, 1.54) is 23.5 Å². The molecule has 2 aromatic rings. The van der Waals surface area contributed by atoms with Gasteiger partial charge in [0.15, 0.2) is 11.5 Å². The van der Waals surface area contributed by atoms with Gasteiger partial charge in [-0.3, -0.25) is 4.79 Å². The number of rotatable bonds is 7. The summed E-state index contributed by atoms with van der Waals surface area (Å²) in [5.74, 6) is 0.290. The van der Waals surface area contributed by atoms with Gasteiger partial charge in [-0.15, -0.1) is 11.3 Å². The highest BCUT2D eigenvalue weighted by Gasteiger charge is 2.30. The summed E-state index contributed by atoms with van der Waals surface area (Å²) in [5, 5.41) is 4.82. The van der Waals surface area contributed by atoms with Gasteiger partial charge in [-0.2, -0.15) is 4.72 Å². The van der Waals surface area contributed by atoms with Crippen molar-refractivity contribution in [1.29, 1.82) is 0 Å². The zero-order valence-electron chi connectivity index (χ0n) is 16.0. The van der Waals surface area contributed by atoms with Gasteiger partial charge in [0, 0.05) is 10.9 Å². The van der Waals surface area contributed by atoms with Gasteiger partial charge in [-0.1, -0.05) is 19.9 Å². The number of amides is 1. The summed E-state index contributed by atoms with van der Waals surface area (Å²) >= 11 is 1.54. The van der Waals surface area contributed by atoms with E-state index in [1.807, 2.05) is 24.4 Å². The quantitative estimate of drug-likeness (QED) is 0.713. The van der Waals surface area contributed by atoms with E-state index in [-0.39, 0.29) is 22.8 Å². The number of fused-ring (bicyclic) bond motifs is 1. The smallest absolute Gasteiger partial charge is 0.241 e. The largest absolute Gasteiger partial charge is 0.486 e. The van der Waals surface area contributed by atoms with Crippen LogP contribution in [0.3, 0.4) is 0 Å². The van der Waals surface area contributed by atoms with Gasteiger partial charge in [0.05, 0.1) is 10.9 Å². The van der Waals surface area contributed by atoms with Gasteiger partial charge in [0.2, 0.25) is 15.9 Å². The summed E-state index contributed by atoms with van der Waals surface area (Å²) in [6.07, 6.45) is 0. The number of nitrogens with one attached hydrogen (secondary N) is 2. The van der Waals surface area contributed by atoms with Crippen molar-refractivity contribution < 1.29 is 22.7 Å². The molecule has 0 unspecified atom stereocenters. The van der Waals surface area contributed by atoms with E-state index >= 15 is 0 Å². The fourth-order valence-corrected chi connectivity index (χ4v) is 4.92. The maximum atomic E-state index is 12.9. The molecule has 2 N–H and O–H groups in total. The molecule has 7 nitrogen and oxygen atoms in total. The molecule has 2 atom stereocenters. The van der Waals surface area contributed by atoms with Crippen molar-refractivity contribution in [2.24, 2.45) is 5.92 Å². The van der Waals surface area contributed by atoms with Crippen LogP contribution >= 0.6 is 11.3 Å². The molecule has 9 heteroatoms. The van der Waals surface area contributed by atoms with Crippen molar-refractivity contribution in [3.8, 4) is 11.5 Å². The third kappa shape index (κ3) is 4.65. The fraction of sp³-hybridized carbons (Fsp3) is 0.421. The lowest BCUT2D eigenvalue weighted by atomic mass is 10.0. The van der Waals surface area contributed by atoms with Gasteiger partial charge in [-0.25, -0.2) is 8.42 Å². The Morgan fingerprint density at radius 2 is 1.82 bits per heavy atom. The van der Waals surface area contributed by atoms with Crippen LogP contribution in [-0.4, -0.2) is 33.6 Å². The zero-order valence-corrected chi connectivity index (χ0v) is 17.6. The average Bonchev–Trinajstić information content (AvgIpc) is 3.20. The predicted molar refractivity (Wildman–Crippen MR) is 107 cm³/mol. The van der Waals surface area contributed by atoms with Crippen LogP contribution < -0.4 is 19.5 Å². The topological polar surface area (TPSA) is 93.7 Å². The molecule has 2 heterocycles. The SMILES string of the molecule is CC(C)[C@@H](NS(=O)(=O)c1ccc2c(c1)OCCO2)C(=O)N[C@@H](C)c1cccs1. The highest BCUT2D eigenvalue weighted by molar-refractivity contribution is 7.89. The third-order valence-corrected chi connectivity index (χ3v) is 6.88. The van der Waals surface area contributed by atoms with E-state index in [4.69, 9.17) is 9.47 Å². The number of hydrogen-bond acceptors (Lipinski definition) is 6. The molecule has 0 aliphatic carbocycles. The van der Waals surface area contributed by atoms with E-state index in [0.717, 1.165) is 4.88 Å². The first kappa shape index (κ1) is 20.6. The van der Waals surface area contributed by atoms with E-state index < -0.39 is 16.1 Å². The molecule has 0 bridgehead atoms. The average molecular weight is 425 g/mol. The molecular weight excluding hydrogens is 400 g/mol. The van der Waals surface area contributed by atoms with Gasteiger partial charge < -0.3 is 14.8 Å². The monoisotopic (exact) mass is 424 g/mol. The highest BCUT2D eigenvalue weighted by atomic mass is 32.2. The second kappa shape index (κ2) is 8.50. The molecule has 1 aromatic heterocycles. The van der Waals surface area contributed by atoms with E-state index in [9.17, 15) is 13.2 Å². The minimum Gasteiger partial charge on any atom is -0.486 e. The predicted octanol–water partition coefficient (Wildman–Crippen LogP) is 2.70. The van der Waals surface area contributed by atoms with Crippen LogP contribution in [0.1, 0.15) is 31.7 Å². The molecule has 3 rings (SSSR count). The van der Waals surface area contributed by atoms with E-state index in [2.05, 4.69) is 10.0 Å². The second-order valence-electron chi connectivity index (χ2n) is 6.89. The lowest BCUT2D eigenvalue weighted by Crippen LogP contribution is -2.50. The van der Waals surface area contributed by atoms with Crippen molar-refractivity contribution in [2.75, 3.05) is 13.2 Å². The first-order chi connectivity index (χ1) is 13.3. The van der Waals surface area contributed by atoms with Crippen LogP contribution in [-0.2, 0) is 14.8 Å². The van der Waals surface area contributed by atoms with Crippen LogP contribution in [0.15, 0.2) is 40.6 Å². The number of carbonyl (C=O) groups is 1. The number of thiophene rings is 1. The zero-order chi connectivity index (χ0) is 20.3. The van der Waals surface area contributed by atoms with Crippen molar-refractivity contribution in [1.82, 2.24) is 10.0 Å². The van der Waals surface area contributed by atoms with Gasteiger partial charge in [0.25, 0.3) is 0 Å². The highest BCUT2D eigenvalue weighted by Crippen LogP contribution is 2.32. The number of hydrogen-bond donors (Lipinski definition) is 2. The number of ether oxygens (including phenoxy) is 2. The first-order valence-electron chi connectivity index (χ1n) is 9.03. The summed E-state index contributed by atoms with van der Waals surface area (Å²) < 4.78 is 39.1. The molecule has 0 spiro atoms. The molecule has 152 valence electrons. The number of sulfonamides is 1. The fourth-order valence-electron chi connectivity index (χ4n) is 2.83. The molecule has 0 fully saturated rings. The van der Waals surface area contributed by atoms with Crippen molar-refractivity contribution >= 4 is 27.3 Å². The Bertz CT molecular complexity index is 926. The maximum Gasteiger partial charge on any atom is 0.241 e. The van der Waals surface area contributed by atoms with Crippen LogP contribution in [0, 0.1) is 5.92 Å². The summed E-state index contributed by atoms with van der Waals surface area (Å²) in [5.41, 5.74) is 0. The van der Waals surface area contributed by atoms with Crippen LogP contribution in [0.25, 0.3) is 0 Å². The molecule has 1 aliphatic heterocycles. The van der Waals surface area contributed by atoms with Crippen LogP contribution in [0.2, 0.25) is 0 Å². The second-order valence-corrected chi connectivity index (χ2v) is 9.59. The van der Waals surface area contributed by atoms with Crippen molar-refractivity contribution in [3.05, 3.63) is 40.6 Å².